The number of H-pyrrole nitrogens is 1. The van der Waals surface area contributed by atoms with Gasteiger partial charge in [-0.2, -0.15) is 10.2 Å². The summed E-state index contributed by atoms with van der Waals surface area (Å²) >= 11 is 0. The van der Waals surface area contributed by atoms with Crippen molar-refractivity contribution in [2.45, 2.75) is 31.4 Å². The average Bonchev–Trinajstić information content (AvgIpc) is 3.17. The first-order valence-electron chi connectivity index (χ1n) is 8.48. The van der Waals surface area contributed by atoms with Gasteiger partial charge in [-0.3, -0.25) is 14.6 Å². The molecule has 0 spiro atoms. The molecule has 1 fully saturated rings. The largest absolute Gasteiger partial charge is 0.393 e. The minimum Gasteiger partial charge on any atom is -0.393 e. The zero-order valence-corrected chi connectivity index (χ0v) is 14.0. The molecule has 1 aliphatic rings. The van der Waals surface area contributed by atoms with Crippen molar-refractivity contribution >= 4 is 16.8 Å². The van der Waals surface area contributed by atoms with Crippen LogP contribution in [0.2, 0.25) is 0 Å². The van der Waals surface area contributed by atoms with Gasteiger partial charge in [0.25, 0.3) is 0 Å². The molecule has 1 saturated carbocycles. The van der Waals surface area contributed by atoms with Crippen LogP contribution in [0.4, 0.5) is 0 Å². The number of fused-ring (bicyclic) bond motifs is 1. The third-order valence-corrected chi connectivity index (χ3v) is 4.90. The highest BCUT2D eigenvalue weighted by molar-refractivity contribution is 5.87. The van der Waals surface area contributed by atoms with Crippen LogP contribution in [0.25, 0.3) is 10.9 Å². The normalized spacial score (nSPS) is 21.0. The van der Waals surface area contributed by atoms with Gasteiger partial charge in [-0.25, -0.2) is 0 Å². The summed E-state index contributed by atoms with van der Waals surface area (Å²) < 4.78 is 1.73. The standard InChI is InChI=1S/C18H21N5O2/c1-23-10-12(9-19-23)18(11-6-13(24)7-11)20-17(25)8-16-14-4-2-3-5-15(14)21-22-16/h2-5,9-11,13,18,24H,6-8H2,1H3,(H,20,25)(H,21,22)/t11?,13?,18-/m1/s1. The van der Waals surface area contributed by atoms with Gasteiger partial charge in [0.2, 0.25) is 5.91 Å². The number of amides is 1. The number of aliphatic hydroxyl groups is 1. The summed E-state index contributed by atoms with van der Waals surface area (Å²) in [4.78, 5) is 12.6. The summed E-state index contributed by atoms with van der Waals surface area (Å²) in [6.07, 6.45) is 5.08. The number of hydrogen-bond acceptors (Lipinski definition) is 4. The maximum absolute atomic E-state index is 12.6. The van der Waals surface area contributed by atoms with E-state index in [0.29, 0.717) is 12.8 Å². The number of rotatable bonds is 5. The van der Waals surface area contributed by atoms with Crippen LogP contribution in [0.5, 0.6) is 0 Å². The average molecular weight is 339 g/mol. The van der Waals surface area contributed by atoms with Gasteiger partial charge in [0, 0.05) is 24.2 Å². The topological polar surface area (TPSA) is 95.8 Å². The Morgan fingerprint density at radius 1 is 1.44 bits per heavy atom. The molecule has 25 heavy (non-hydrogen) atoms. The number of benzene rings is 1. The van der Waals surface area contributed by atoms with E-state index in [0.717, 1.165) is 22.2 Å². The van der Waals surface area contributed by atoms with E-state index in [1.54, 1.807) is 10.9 Å². The lowest BCUT2D eigenvalue weighted by Crippen LogP contribution is -2.41. The lowest BCUT2D eigenvalue weighted by molar-refractivity contribution is -0.122. The Morgan fingerprint density at radius 2 is 2.24 bits per heavy atom. The number of nitrogens with one attached hydrogen (secondary N) is 2. The molecule has 7 nitrogen and oxygen atoms in total. The lowest BCUT2D eigenvalue weighted by atomic mass is 9.75. The first-order valence-corrected chi connectivity index (χ1v) is 8.48. The van der Waals surface area contributed by atoms with E-state index < -0.39 is 0 Å². The number of carbonyl (C=O) groups is 1. The van der Waals surface area contributed by atoms with Crippen LogP contribution in [0.15, 0.2) is 36.7 Å². The summed E-state index contributed by atoms with van der Waals surface area (Å²) in [6.45, 7) is 0. The van der Waals surface area contributed by atoms with Gasteiger partial charge in [0.05, 0.1) is 36.0 Å². The molecule has 3 N–H and O–H groups in total. The van der Waals surface area contributed by atoms with Crippen molar-refractivity contribution in [1.29, 1.82) is 0 Å². The van der Waals surface area contributed by atoms with Crippen molar-refractivity contribution in [1.82, 2.24) is 25.3 Å². The zero-order chi connectivity index (χ0) is 17.4. The summed E-state index contributed by atoms with van der Waals surface area (Å²) in [7, 11) is 1.86. The Balaban J connectivity index is 1.50. The van der Waals surface area contributed by atoms with Gasteiger partial charge in [-0.1, -0.05) is 18.2 Å². The summed E-state index contributed by atoms with van der Waals surface area (Å²) in [5.74, 6) is 0.173. The molecule has 0 radical (unpaired) electrons. The second-order valence-corrected chi connectivity index (χ2v) is 6.77. The zero-order valence-electron chi connectivity index (χ0n) is 14.0. The molecule has 130 valence electrons. The van der Waals surface area contributed by atoms with Gasteiger partial charge < -0.3 is 10.4 Å². The van der Waals surface area contributed by atoms with Gasteiger partial charge in [-0.05, 0) is 24.8 Å². The van der Waals surface area contributed by atoms with Gasteiger partial charge in [-0.15, -0.1) is 0 Å². The Bertz CT molecular complexity index is 894. The van der Waals surface area contributed by atoms with E-state index in [-0.39, 0.29) is 30.4 Å². The number of hydrogen-bond donors (Lipinski definition) is 3. The minimum absolute atomic E-state index is 0.0651. The molecule has 1 aromatic carbocycles. The smallest absolute Gasteiger partial charge is 0.226 e. The molecule has 2 aromatic heterocycles. The minimum atomic E-state index is -0.266. The number of para-hydroxylation sites is 1. The third-order valence-electron chi connectivity index (χ3n) is 4.90. The number of aromatic amines is 1. The SMILES string of the molecule is Cn1cc([C@H](NC(=O)Cc2[nH]nc3ccccc23)C2CC(O)C2)cn1. The molecule has 4 rings (SSSR count). The molecule has 1 amide bonds. The second kappa shape index (κ2) is 6.33. The first kappa shape index (κ1) is 15.8. The Morgan fingerprint density at radius 3 is 2.96 bits per heavy atom. The number of aliphatic hydroxyl groups excluding tert-OH is 1. The Hall–Kier alpha value is -2.67. The van der Waals surface area contributed by atoms with E-state index in [4.69, 9.17) is 0 Å². The highest BCUT2D eigenvalue weighted by atomic mass is 16.3. The van der Waals surface area contributed by atoms with E-state index in [2.05, 4.69) is 20.6 Å². The fourth-order valence-electron chi connectivity index (χ4n) is 3.51. The van der Waals surface area contributed by atoms with Crippen molar-refractivity contribution in [3.63, 3.8) is 0 Å². The summed E-state index contributed by atoms with van der Waals surface area (Å²) in [5.41, 5.74) is 2.64. The molecule has 3 aromatic rings. The van der Waals surface area contributed by atoms with E-state index >= 15 is 0 Å². The van der Waals surface area contributed by atoms with Crippen LogP contribution in [-0.4, -0.2) is 37.1 Å². The predicted octanol–water partition coefficient (Wildman–Crippen LogP) is 1.47. The molecule has 0 aliphatic heterocycles. The van der Waals surface area contributed by atoms with Crippen molar-refractivity contribution in [2.75, 3.05) is 0 Å². The van der Waals surface area contributed by atoms with Crippen molar-refractivity contribution in [2.24, 2.45) is 13.0 Å². The van der Waals surface area contributed by atoms with E-state index in [1.165, 1.54) is 0 Å². The van der Waals surface area contributed by atoms with Crippen molar-refractivity contribution in [3.8, 4) is 0 Å². The number of nitrogens with zero attached hydrogens (tertiary/aromatic N) is 3. The molecular weight excluding hydrogens is 318 g/mol. The maximum Gasteiger partial charge on any atom is 0.226 e. The predicted molar refractivity (Wildman–Crippen MR) is 92.6 cm³/mol. The Kier molecular flexibility index (Phi) is 4.01. The number of carbonyl (C=O) groups excluding carboxylic acids is 1. The number of aromatic nitrogens is 4. The van der Waals surface area contributed by atoms with E-state index in [1.807, 2.05) is 37.5 Å². The van der Waals surface area contributed by atoms with Gasteiger partial charge in [0.15, 0.2) is 0 Å². The summed E-state index contributed by atoms with van der Waals surface area (Å²) in [5, 5.41) is 25.1. The Labute approximate surface area is 145 Å². The van der Waals surface area contributed by atoms with Crippen LogP contribution in [0, 0.1) is 5.92 Å². The van der Waals surface area contributed by atoms with Crippen LogP contribution >= 0.6 is 0 Å². The molecule has 0 unspecified atom stereocenters. The highest BCUT2D eigenvalue weighted by Crippen LogP contribution is 2.38. The maximum atomic E-state index is 12.6. The third kappa shape index (κ3) is 3.15. The second-order valence-electron chi connectivity index (χ2n) is 6.77. The van der Waals surface area contributed by atoms with Crippen LogP contribution in [0.3, 0.4) is 0 Å². The van der Waals surface area contributed by atoms with Crippen molar-refractivity contribution < 1.29 is 9.90 Å². The fourth-order valence-corrected chi connectivity index (χ4v) is 3.51. The molecule has 7 heteroatoms. The lowest BCUT2D eigenvalue weighted by Gasteiger charge is -2.37. The van der Waals surface area contributed by atoms with Crippen LogP contribution in [-0.2, 0) is 18.3 Å². The molecule has 0 saturated heterocycles. The number of aryl methyl sites for hydroxylation is 1. The molecular formula is C18H21N5O2. The molecule has 0 bridgehead atoms. The molecule has 2 heterocycles. The fraction of sp³-hybridized carbons (Fsp3) is 0.389. The monoisotopic (exact) mass is 339 g/mol. The van der Waals surface area contributed by atoms with E-state index in [9.17, 15) is 9.90 Å². The van der Waals surface area contributed by atoms with Gasteiger partial charge >= 0.3 is 0 Å². The van der Waals surface area contributed by atoms with Crippen LogP contribution < -0.4 is 5.32 Å². The quantitative estimate of drug-likeness (QED) is 0.656. The van der Waals surface area contributed by atoms with Crippen molar-refractivity contribution in [3.05, 3.63) is 47.9 Å². The molecule has 1 atom stereocenters. The van der Waals surface area contributed by atoms with Gasteiger partial charge in [0.1, 0.15) is 0 Å². The molecule has 1 aliphatic carbocycles. The highest BCUT2D eigenvalue weighted by Gasteiger charge is 2.36. The van der Waals surface area contributed by atoms with Crippen LogP contribution in [0.1, 0.15) is 30.1 Å². The first-order chi connectivity index (χ1) is 12.1. The summed E-state index contributed by atoms with van der Waals surface area (Å²) in [6, 6.07) is 7.61.